The van der Waals surface area contributed by atoms with E-state index in [1.807, 2.05) is 20.8 Å². The zero-order valence-corrected chi connectivity index (χ0v) is 14.6. The van der Waals surface area contributed by atoms with Gasteiger partial charge in [0.15, 0.2) is 0 Å². The van der Waals surface area contributed by atoms with Gasteiger partial charge in [0.05, 0.1) is 12.7 Å². The van der Waals surface area contributed by atoms with Crippen molar-refractivity contribution in [3.8, 4) is 0 Å². The number of hydrogen-bond donors (Lipinski definition) is 2. The van der Waals surface area contributed by atoms with Gasteiger partial charge in [0, 0.05) is 42.7 Å². The predicted molar refractivity (Wildman–Crippen MR) is 88.0 cm³/mol. The highest BCUT2D eigenvalue weighted by atomic mass is 16.5. The van der Waals surface area contributed by atoms with Gasteiger partial charge in [-0.15, -0.1) is 0 Å². The van der Waals surface area contributed by atoms with E-state index in [9.17, 15) is 9.59 Å². The molecule has 3 rings (SSSR count). The molecule has 1 aromatic rings. The minimum Gasteiger partial charge on any atom is -0.384 e. The monoisotopic (exact) mass is 335 g/mol. The summed E-state index contributed by atoms with van der Waals surface area (Å²) in [5, 5.41) is 3.03. The molecule has 7 nitrogen and oxygen atoms in total. The lowest BCUT2D eigenvalue weighted by atomic mass is 9.67. The van der Waals surface area contributed by atoms with Crippen LogP contribution in [0.5, 0.6) is 0 Å². The number of carbonyl (C=O) groups excluding carboxylic acids is 1. The number of H-pyrrole nitrogens is 1. The fraction of sp³-hybridized carbons (Fsp3) is 0.706. The summed E-state index contributed by atoms with van der Waals surface area (Å²) in [5.41, 5.74) is 0.0759. The molecule has 1 aromatic heterocycles. The van der Waals surface area contributed by atoms with Crippen LogP contribution in [0.25, 0.3) is 0 Å². The van der Waals surface area contributed by atoms with E-state index in [0.717, 1.165) is 13.0 Å². The van der Waals surface area contributed by atoms with Crippen LogP contribution in [-0.2, 0) is 14.9 Å². The number of fused-ring (bicyclic) bond motifs is 1. The standard InChI is InChI=1S/C17H25N3O4/c1-17(2,3)12-7-11(18-16(22)19-12)15(21)20-13-9-5-6-24-14(9)10(13)8-23-4/h7,9-10,13-14H,5-6,8H2,1-4H3,(H,20,21)(H,18,19,22)/t9-,10+,13+,14-/m0/s1. The summed E-state index contributed by atoms with van der Waals surface area (Å²) >= 11 is 0. The largest absolute Gasteiger partial charge is 0.384 e. The Morgan fingerprint density at radius 1 is 1.50 bits per heavy atom. The van der Waals surface area contributed by atoms with Gasteiger partial charge in [0.2, 0.25) is 0 Å². The Hall–Kier alpha value is -1.73. The Labute approximate surface area is 141 Å². The van der Waals surface area contributed by atoms with Crippen molar-refractivity contribution in [1.29, 1.82) is 0 Å². The van der Waals surface area contributed by atoms with E-state index in [1.54, 1.807) is 13.2 Å². The average Bonchev–Trinajstić information content (AvgIpc) is 2.93. The summed E-state index contributed by atoms with van der Waals surface area (Å²) < 4.78 is 11.0. The Kier molecular flexibility index (Phi) is 4.48. The molecule has 0 aromatic carbocycles. The Balaban J connectivity index is 1.77. The smallest absolute Gasteiger partial charge is 0.345 e. The quantitative estimate of drug-likeness (QED) is 0.851. The van der Waals surface area contributed by atoms with Gasteiger partial charge < -0.3 is 19.8 Å². The number of amides is 1. The van der Waals surface area contributed by atoms with Gasteiger partial charge in [0.25, 0.3) is 5.91 Å². The average molecular weight is 335 g/mol. The lowest BCUT2D eigenvalue weighted by molar-refractivity contribution is -0.0810. The number of hydrogen-bond acceptors (Lipinski definition) is 5. The molecule has 132 valence electrons. The molecular weight excluding hydrogens is 310 g/mol. The van der Waals surface area contributed by atoms with Gasteiger partial charge in [-0.3, -0.25) is 4.79 Å². The maximum atomic E-state index is 12.6. The summed E-state index contributed by atoms with van der Waals surface area (Å²) in [7, 11) is 1.65. The van der Waals surface area contributed by atoms with Gasteiger partial charge in [0.1, 0.15) is 5.69 Å². The number of rotatable bonds is 4. The van der Waals surface area contributed by atoms with Gasteiger partial charge in [-0.05, 0) is 12.5 Å². The van der Waals surface area contributed by atoms with Crippen molar-refractivity contribution in [3.05, 3.63) is 27.9 Å². The third-order valence-electron chi connectivity index (χ3n) is 4.97. The highest BCUT2D eigenvalue weighted by Gasteiger charge is 2.54. The van der Waals surface area contributed by atoms with E-state index in [-0.39, 0.29) is 35.1 Å². The van der Waals surface area contributed by atoms with Crippen LogP contribution in [-0.4, -0.2) is 48.3 Å². The van der Waals surface area contributed by atoms with Gasteiger partial charge in [-0.1, -0.05) is 20.8 Å². The van der Waals surface area contributed by atoms with Gasteiger partial charge in [-0.2, -0.15) is 4.98 Å². The van der Waals surface area contributed by atoms with E-state index in [0.29, 0.717) is 18.2 Å². The van der Waals surface area contributed by atoms with E-state index in [1.165, 1.54) is 0 Å². The van der Waals surface area contributed by atoms with Crippen molar-refractivity contribution in [3.63, 3.8) is 0 Å². The van der Waals surface area contributed by atoms with Crippen LogP contribution in [0.2, 0.25) is 0 Å². The van der Waals surface area contributed by atoms with Crippen LogP contribution in [0.3, 0.4) is 0 Å². The highest BCUT2D eigenvalue weighted by Crippen LogP contribution is 2.43. The molecule has 2 aliphatic rings. The molecule has 0 radical (unpaired) electrons. The zero-order chi connectivity index (χ0) is 17.5. The second-order valence-electron chi connectivity index (χ2n) is 7.64. The number of aromatic nitrogens is 2. The molecule has 2 fully saturated rings. The molecule has 7 heteroatoms. The molecule has 0 bridgehead atoms. The van der Waals surface area contributed by atoms with E-state index < -0.39 is 5.69 Å². The van der Waals surface area contributed by atoms with Crippen LogP contribution in [0.4, 0.5) is 0 Å². The van der Waals surface area contributed by atoms with Crippen molar-refractivity contribution < 1.29 is 14.3 Å². The van der Waals surface area contributed by atoms with Crippen molar-refractivity contribution in [2.75, 3.05) is 20.3 Å². The maximum Gasteiger partial charge on any atom is 0.345 e. The third-order valence-corrected chi connectivity index (χ3v) is 4.97. The van der Waals surface area contributed by atoms with Gasteiger partial charge >= 0.3 is 5.69 Å². The number of aromatic amines is 1. The molecule has 24 heavy (non-hydrogen) atoms. The molecule has 2 heterocycles. The summed E-state index contributed by atoms with van der Waals surface area (Å²) in [6.45, 7) is 7.18. The van der Waals surface area contributed by atoms with Crippen LogP contribution in [0.15, 0.2) is 10.9 Å². The summed E-state index contributed by atoms with van der Waals surface area (Å²) in [6.07, 6.45) is 1.10. The Morgan fingerprint density at radius 2 is 2.25 bits per heavy atom. The van der Waals surface area contributed by atoms with Crippen molar-refractivity contribution in [2.45, 2.75) is 44.8 Å². The minimum absolute atomic E-state index is 0.00382. The summed E-state index contributed by atoms with van der Waals surface area (Å²) in [6, 6.07) is 1.66. The first-order valence-electron chi connectivity index (χ1n) is 8.34. The van der Waals surface area contributed by atoms with Crippen molar-refractivity contribution >= 4 is 5.91 Å². The number of nitrogens with one attached hydrogen (secondary N) is 2. The zero-order valence-electron chi connectivity index (χ0n) is 14.6. The highest BCUT2D eigenvalue weighted by molar-refractivity contribution is 5.92. The topological polar surface area (TPSA) is 93.3 Å². The lowest BCUT2D eigenvalue weighted by Crippen LogP contribution is -2.62. The molecule has 2 N–H and O–H groups in total. The predicted octanol–water partition coefficient (Wildman–Crippen LogP) is 0.847. The number of carbonyl (C=O) groups is 1. The minimum atomic E-state index is -0.503. The third kappa shape index (κ3) is 3.10. The fourth-order valence-electron chi connectivity index (χ4n) is 3.64. The van der Waals surface area contributed by atoms with E-state index >= 15 is 0 Å². The second-order valence-corrected chi connectivity index (χ2v) is 7.64. The molecular formula is C17H25N3O4. The Morgan fingerprint density at radius 3 is 2.92 bits per heavy atom. The first-order valence-corrected chi connectivity index (χ1v) is 8.34. The summed E-state index contributed by atoms with van der Waals surface area (Å²) in [5.74, 6) is 0.150. The van der Waals surface area contributed by atoms with Crippen LogP contribution >= 0.6 is 0 Å². The van der Waals surface area contributed by atoms with Crippen LogP contribution < -0.4 is 11.0 Å². The lowest BCUT2D eigenvalue weighted by Gasteiger charge is -2.47. The first kappa shape index (κ1) is 17.1. The SMILES string of the molecule is COC[C@@H]1[C@H](NC(=O)c2cc(C(C)(C)C)[nH]c(=O)n2)[C@@H]2CCO[C@H]12. The fourth-order valence-corrected chi connectivity index (χ4v) is 3.64. The number of methoxy groups -OCH3 is 1. The molecule has 4 atom stereocenters. The number of ether oxygens (including phenoxy) is 2. The second kappa shape index (κ2) is 6.29. The van der Waals surface area contributed by atoms with E-state index in [4.69, 9.17) is 9.47 Å². The van der Waals surface area contributed by atoms with Crippen molar-refractivity contribution in [1.82, 2.24) is 15.3 Å². The van der Waals surface area contributed by atoms with Gasteiger partial charge in [-0.25, -0.2) is 4.79 Å². The molecule has 0 unspecified atom stereocenters. The van der Waals surface area contributed by atoms with Crippen molar-refractivity contribution in [2.24, 2.45) is 11.8 Å². The Bertz CT molecular complexity index is 679. The summed E-state index contributed by atoms with van der Waals surface area (Å²) in [4.78, 5) is 30.9. The molecule has 1 aliphatic heterocycles. The van der Waals surface area contributed by atoms with Crippen LogP contribution in [0, 0.1) is 11.8 Å². The first-order chi connectivity index (χ1) is 11.3. The molecule has 0 spiro atoms. The molecule has 1 saturated heterocycles. The molecule has 1 saturated carbocycles. The normalized spacial score (nSPS) is 29.0. The van der Waals surface area contributed by atoms with E-state index in [2.05, 4.69) is 15.3 Å². The van der Waals surface area contributed by atoms with Crippen LogP contribution in [0.1, 0.15) is 43.4 Å². The molecule has 1 amide bonds. The molecule has 1 aliphatic carbocycles. The number of nitrogens with zero attached hydrogens (tertiary/aromatic N) is 1. The maximum absolute atomic E-state index is 12.6.